The van der Waals surface area contributed by atoms with Crippen LogP contribution in [0, 0.1) is 16.7 Å². The van der Waals surface area contributed by atoms with E-state index in [0.717, 1.165) is 32.1 Å². The monoisotopic (exact) mass is 254 g/mol. The van der Waals surface area contributed by atoms with Crippen molar-refractivity contribution < 1.29 is 9.90 Å². The van der Waals surface area contributed by atoms with E-state index in [4.69, 9.17) is 5.11 Å². The standard InChI is InChI=1S/C14H26N2O2/c1-3-8-14(12-15,9-4-2)13(18)16-10-6-5-7-11-17/h17H,3-11H2,1-2H3,(H,16,18). The third-order valence-electron chi connectivity index (χ3n) is 3.12. The largest absolute Gasteiger partial charge is 0.396 e. The van der Waals surface area contributed by atoms with E-state index in [1.165, 1.54) is 0 Å². The number of nitrogens with one attached hydrogen (secondary N) is 1. The van der Waals surface area contributed by atoms with Gasteiger partial charge in [0.15, 0.2) is 0 Å². The van der Waals surface area contributed by atoms with Gasteiger partial charge in [0.05, 0.1) is 6.07 Å². The lowest BCUT2D eigenvalue weighted by Gasteiger charge is -2.24. The smallest absolute Gasteiger partial charge is 0.240 e. The molecule has 0 radical (unpaired) electrons. The van der Waals surface area contributed by atoms with Gasteiger partial charge in [0.2, 0.25) is 5.91 Å². The second kappa shape index (κ2) is 9.90. The summed E-state index contributed by atoms with van der Waals surface area (Å²) in [5.74, 6) is -0.127. The van der Waals surface area contributed by atoms with Crippen LogP contribution in [0.15, 0.2) is 0 Å². The Morgan fingerprint density at radius 3 is 2.28 bits per heavy atom. The van der Waals surface area contributed by atoms with Crippen LogP contribution in [-0.4, -0.2) is 24.2 Å². The second-order valence-electron chi connectivity index (χ2n) is 4.73. The number of amides is 1. The molecule has 104 valence electrons. The summed E-state index contributed by atoms with van der Waals surface area (Å²) in [6.07, 6.45) is 5.45. The first-order chi connectivity index (χ1) is 8.66. The van der Waals surface area contributed by atoms with Gasteiger partial charge in [0, 0.05) is 13.2 Å². The maximum absolute atomic E-state index is 12.1. The fraction of sp³-hybridized carbons (Fsp3) is 0.857. The van der Waals surface area contributed by atoms with E-state index >= 15 is 0 Å². The van der Waals surface area contributed by atoms with Crippen molar-refractivity contribution in [1.29, 1.82) is 5.26 Å². The molecule has 0 aliphatic heterocycles. The van der Waals surface area contributed by atoms with Crippen LogP contribution in [0.5, 0.6) is 0 Å². The van der Waals surface area contributed by atoms with E-state index in [0.29, 0.717) is 19.4 Å². The highest BCUT2D eigenvalue weighted by Crippen LogP contribution is 2.29. The molecule has 0 saturated heterocycles. The van der Waals surface area contributed by atoms with Gasteiger partial charge in [0.25, 0.3) is 0 Å². The van der Waals surface area contributed by atoms with E-state index in [9.17, 15) is 10.1 Å². The Kier molecular flexibility index (Phi) is 9.31. The Bertz CT molecular complexity index is 265. The first-order valence-electron chi connectivity index (χ1n) is 6.97. The molecule has 0 bridgehead atoms. The zero-order valence-electron chi connectivity index (χ0n) is 11.7. The first kappa shape index (κ1) is 16.9. The number of aliphatic hydroxyl groups excluding tert-OH is 1. The van der Waals surface area contributed by atoms with E-state index in [1.807, 2.05) is 13.8 Å². The number of hydrogen-bond donors (Lipinski definition) is 2. The summed E-state index contributed by atoms with van der Waals surface area (Å²) < 4.78 is 0. The molecule has 0 atom stereocenters. The first-order valence-corrected chi connectivity index (χ1v) is 6.97. The lowest BCUT2D eigenvalue weighted by atomic mass is 9.80. The summed E-state index contributed by atoms with van der Waals surface area (Å²) in [5.41, 5.74) is -0.847. The van der Waals surface area contributed by atoms with E-state index in [-0.39, 0.29) is 12.5 Å². The van der Waals surface area contributed by atoms with Gasteiger partial charge in [0.1, 0.15) is 5.41 Å². The minimum absolute atomic E-state index is 0.127. The molecule has 0 aliphatic rings. The molecule has 2 N–H and O–H groups in total. The number of unbranched alkanes of at least 4 members (excludes halogenated alkanes) is 2. The quantitative estimate of drug-likeness (QED) is 0.588. The summed E-state index contributed by atoms with van der Waals surface area (Å²) in [6, 6.07) is 2.22. The molecule has 0 aromatic rings. The number of carbonyl (C=O) groups is 1. The summed E-state index contributed by atoms with van der Waals surface area (Å²) in [6.45, 7) is 4.78. The van der Waals surface area contributed by atoms with Crippen LogP contribution in [0.3, 0.4) is 0 Å². The molecule has 0 saturated carbocycles. The zero-order chi connectivity index (χ0) is 13.9. The third kappa shape index (κ3) is 5.50. The van der Waals surface area contributed by atoms with Gasteiger partial charge in [-0.25, -0.2) is 0 Å². The molecule has 4 heteroatoms. The number of carbonyl (C=O) groups excluding carboxylic acids is 1. The van der Waals surface area contributed by atoms with Crippen molar-refractivity contribution in [3.8, 4) is 6.07 Å². The number of nitriles is 1. The molecule has 0 heterocycles. The maximum atomic E-state index is 12.1. The molecule has 0 aromatic carbocycles. The van der Waals surface area contributed by atoms with Crippen LogP contribution in [0.1, 0.15) is 58.8 Å². The summed E-state index contributed by atoms with van der Waals surface area (Å²) >= 11 is 0. The van der Waals surface area contributed by atoms with Crippen molar-refractivity contribution in [3.05, 3.63) is 0 Å². The van der Waals surface area contributed by atoms with Crippen molar-refractivity contribution in [3.63, 3.8) is 0 Å². The SMILES string of the molecule is CCCC(C#N)(CCC)C(=O)NCCCCCO. The Hall–Kier alpha value is -1.08. The number of aliphatic hydroxyl groups is 1. The Balaban J connectivity index is 4.26. The van der Waals surface area contributed by atoms with Gasteiger partial charge >= 0.3 is 0 Å². The highest BCUT2D eigenvalue weighted by molar-refractivity contribution is 5.85. The Morgan fingerprint density at radius 1 is 1.22 bits per heavy atom. The predicted molar refractivity (Wildman–Crippen MR) is 71.8 cm³/mol. The van der Waals surface area contributed by atoms with Gasteiger partial charge in [-0.3, -0.25) is 4.79 Å². The molecule has 0 spiro atoms. The van der Waals surface area contributed by atoms with Crippen LogP contribution in [-0.2, 0) is 4.79 Å². The van der Waals surface area contributed by atoms with Gasteiger partial charge in [-0.2, -0.15) is 5.26 Å². The fourth-order valence-corrected chi connectivity index (χ4v) is 2.15. The van der Waals surface area contributed by atoms with Gasteiger partial charge in [-0.05, 0) is 32.1 Å². The van der Waals surface area contributed by atoms with Gasteiger partial charge in [-0.15, -0.1) is 0 Å². The average Bonchev–Trinajstić information content (AvgIpc) is 2.37. The molecule has 0 aliphatic carbocycles. The molecule has 1 amide bonds. The van der Waals surface area contributed by atoms with Crippen molar-refractivity contribution in [2.75, 3.05) is 13.2 Å². The van der Waals surface area contributed by atoms with Crippen LogP contribution >= 0.6 is 0 Å². The predicted octanol–water partition coefficient (Wildman–Crippen LogP) is 2.38. The summed E-state index contributed by atoms with van der Waals surface area (Å²) in [7, 11) is 0. The lowest BCUT2D eigenvalue weighted by molar-refractivity contribution is -0.128. The summed E-state index contributed by atoms with van der Waals surface area (Å²) in [4.78, 5) is 12.1. The van der Waals surface area contributed by atoms with Gasteiger partial charge in [-0.1, -0.05) is 26.7 Å². The fourth-order valence-electron chi connectivity index (χ4n) is 2.15. The number of rotatable bonds is 10. The maximum Gasteiger partial charge on any atom is 0.240 e. The normalized spacial score (nSPS) is 11.0. The van der Waals surface area contributed by atoms with E-state index in [2.05, 4.69) is 11.4 Å². The minimum Gasteiger partial charge on any atom is -0.396 e. The molecule has 0 aromatic heterocycles. The van der Waals surface area contributed by atoms with Crippen molar-refractivity contribution in [1.82, 2.24) is 5.32 Å². The van der Waals surface area contributed by atoms with E-state index < -0.39 is 5.41 Å². The minimum atomic E-state index is -0.847. The highest BCUT2D eigenvalue weighted by atomic mass is 16.2. The van der Waals surface area contributed by atoms with Crippen LogP contribution in [0.4, 0.5) is 0 Å². The Morgan fingerprint density at radius 2 is 1.83 bits per heavy atom. The molecular formula is C14H26N2O2. The molecule has 4 nitrogen and oxygen atoms in total. The molecule has 0 rings (SSSR count). The molecule has 0 fully saturated rings. The van der Waals surface area contributed by atoms with Crippen molar-refractivity contribution >= 4 is 5.91 Å². The Labute approximate surface area is 110 Å². The van der Waals surface area contributed by atoms with Crippen LogP contribution in [0.25, 0.3) is 0 Å². The van der Waals surface area contributed by atoms with Crippen LogP contribution < -0.4 is 5.32 Å². The van der Waals surface area contributed by atoms with Crippen molar-refractivity contribution in [2.24, 2.45) is 5.41 Å². The van der Waals surface area contributed by atoms with Gasteiger partial charge < -0.3 is 10.4 Å². The number of hydrogen-bond acceptors (Lipinski definition) is 3. The van der Waals surface area contributed by atoms with Crippen molar-refractivity contribution in [2.45, 2.75) is 58.8 Å². The van der Waals surface area contributed by atoms with E-state index in [1.54, 1.807) is 0 Å². The second-order valence-corrected chi connectivity index (χ2v) is 4.73. The zero-order valence-corrected chi connectivity index (χ0v) is 11.7. The summed E-state index contributed by atoms with van der Waals surface area (Å²) in [5, 5.41) is 20.8. The third-order valence-corrected chi connectivity index (χ3v) is 3.12. The topological polar surface area (TPSA) is 73.1 Å². The molecular weight excluding hydrogens is 228 g/mol. The molecule has 18 heavy (non-hydrogen) atoms. The lowest BCUT2D eigenvalue weighted by Crippen LogP contribution is -2.40. The molecule has 0 unspecified atom stereocenters. The average molecular weight is 254 g/mol. The number of nitrogens with zero attached hydrogens (tertiary/aromatic N) is 1. The van der Waals surface area contributed by atoms with Crippen LogP contribution in [0.2, 0.25) is 0 Å². The highest BCUT2D eigenvalue weighted by Gasteiger charge is 2.36.